The molecule has 1 amide bonds. The number of benzene rings is 2. The van der Waals surface area contributed by atoms with Crippen LogP contribution in [0.4, 0.5) is 4.39 Å². The quantitative estimate of drug-likeness (QED) is 0.659. The smallest absolute Gasteiger partial charge is 0.330 e. The van der Waals surface area contributed by atoms with Gasteiger partial charge in [0, 0.05) is 6.42 Å². The molecule has 0 bridgehead atoms. The van der Waals surface area contributed by atoms with Crippen molar-refractivity contribution in [2.24, 2.45) is 0 Å². The lowest BCUT2D eigenvalue weighted by atomic mass is 10.1. The minimum atomic E-state index is -0.534. The predicted molar refractivity (Wildman–Crippen MR) is 84.5 cm³/mol. The van der Waals surface area contributed by atoms with Crippen molar-refractivity contribution in [1.82, 2.24) is 5.32 Å². The minimum Gasteiger partial charge on any atom is -0.425 e. The number of ether oxygens (including phenoxy) is 1. The molecule has 0 fully saturated rings. The zero-order chi connectivity index (χ0) is 16.7. The van der Waals surface area contributed by atoms with Gasteiger partial charge in [0.15, 0.2) is 0 Å². The highest BCUT2D eigenvalue weighted by molar-refractivity contribution is 5.82. The van der Waals surface area contributed by atoms with E-state index < -0.39 is 5.97 Å². The zero-order valence-electron chi connectivity index (χ0n) is 12.8. The highest BCUT2D eigenvalue weighted by atomic mass is 19.1. The van der Waals surface area contributed by atoms with Crippen LogP contribution in [-0.4, -0.2) is 18.4 Å². The first-order chi connectivity index (χ1) is 11.0. The van der Waals surface area contributed by atoms with Crippen LogP contribution in [0.5, 0.6) is 5.75 Å². The van der Waals surface area contributed by atoms with Gasteiger partial charge in [-0.2, -0.15) is 0 Å². The molecule has 0 aromatic heterocycles. The summed E-state index contributed by atoms with van der Waals surface area (Å²) in [5, 5.41) is 2.49. The highest BCUT2D eigenvalue weighted by Gasteiger charge is 2.08. The largest absolute Gasteiger partial charge is 0.425 e. The summed E-state index contributed by atoms with van der Waals surface area (Å²) in [4.78, 5) is 23.3. The fourth-order valence-corrected chi connectivity index (χ4v) is 1.98. The standard InChI is InChI=1S/C18H18FNO3/c1-13-5-8-16(9-6-13)23-18(22)12-20-17(21)10-7-14-3-2-4-15(19)11-14/h2-6,8-9,11H,7,10,12H2,1H3,(H,20,21). The minimum absolute atomic E-state index is 0.182. The topological polar surface area (TPSA) is 55.4 Å². The number of hydrogen-bond acceptors (Lipinski definition) is 3. The number of hydrogen-bond donors (Lipinski definition) is 1. The van der Waals surface area contributed by atoms with E-state index in [9.17, 15) is 14.0 Å². The van der Waals surface area contributed by atoms with Crippen molar-refractivity contribution in [2.75, 3.05) is 6.54 Å². The second kappa shape index (κ2) is 8.08. The van der Waals surface area contributed by atoms with Crippen LogP contribution in [0.25, 0.3) is 0 Å². The van der Waals surface area contributed by atoms with Crippen molar-refractivity contribution >= 4 is 11.9 Å². The van der Waals surface area contributed by atoms with Crippen LogP contribution in [-0.2, 0) is 16.0 Å². The molecular formula is C18H18FNO3. The van der Waals surface area contributed by atoms with E-state index >= 15 is 0 Å². The normalized spacial score (nSPS) is 10.2. The Balaban J connectivity index is 1.71. The third-order valence-electron chi connectivity index (χ3n) is 3.21. The first-order valence-electron chi connectivity index (χ1n) is 7.31. The second-order valence-corrected chi connectivity index (χ2v) is 5.19. The lowest BCUT2D eigenvalue weighted by molar-refractivity contribution is -0.135. The molecule has 0 aliphatic rings. The fourth-order valence-electron chi connectivity index (χ4n) is 1.98. The van der Waals surface area contributed by atoms with Crippen LogP contribution in [0.15, 0.2) is 48.5 Å². The van der Waals surface area contributed by atoms with Crippen molar-refractivity contribution < 1.29 is 18.7 Å². The van der Waals surface area contributed by atoms with Gasteiger partial charge in [-0.3, -0.25) is 4.79 Å². The maximum atomic E-state index is 13.0. The van der Waals surface area contributed by atoms with Gasteiger partial charge in [-0.05, 0) is 43.2 Å². The summed E-state index contributed by atoms with van der Waals surface area (Å²) < 4.78 is 18.1. The van der Waals surface area contributed by atoms with Gasteiger partial charge in [0.25, 0.3) is 0 Å². The molecule has 0 unspecified atom stereocenters. The van der Waals surface area contributed by atoms with Gasteiger partial charge >= 0.3 is 5.97 Å². The van der Waals surface area contributed by atoms with Crippen LogP contribution in [0.2, 0.25) is 0 Å². The summed E-state index contributed by atoms with van der Waals surface area (Å²) in [6, 6.07) is 13.1. The lowest BCUT2D eigenvalue weighted by Crippen LogP contribution is -2.32. The number of rotatable bonds is 6. The Morgan fingerprint density at radius 1 is 1.13 bits per heavy atom. The molecule has 120 valence electrons. The lowest BCUT2D eigenvalue weighted by Gasteiger charge is -2.06. The fraction of sp³-hybridized carbons (Fsp3) is 0.222. The Morgan fingerprint density at radius 2 is 1.87 bits per heavy atom. The SMILES string of the molecule is Cc1ccc(OC(=O)CNC(=O)CCc2cccc(F)c2)cc1. The first-order valence-corrected chi connectivity index (χ1v) is 7.31. The molecule has 0 aliphatic carbocycles. The van der Waals surface area contributed by atoms with Gasteiger partial charge in [0.05, 0.1) is 0 Å². The molecule has 5 heteroatoms. The molecule has 0 heterocycles. The average Bonchev–Trinajstić information content (AvgIpc) is 2.53. The molecule has 2 aromatic carbocycles. The maximum absolute atomic E-state index is 13.0. The van der Waals surface area contributed by atoms with Crippen molar-refractivity contribution in [3.8, 4) is 5.75 Å². The van der Waals surface area contributed by atoms with Crippen LogP contribution < -0.4 is 10.1 Å². The molecule has 2 aromatic rings. The maximum Gasteiger partial charge on any atom is 0.330 e. The zero-order valence-corrected chi connectivity index (χ0v) is 12.8. The van der Waals surface area contributed by atoms with E-state index in [-0.39, 0.29) is 24.7 Å². The van der Waals surface area contributed by atoms with Crippen molar-refractivity contribution in [1.29, 1.82) is 0 Å². The van der Waals surface area contributed by atoms with E-state index in [1.807, 2.05) is 19.1 Å². The molecule has 0 aliphatic heterocycles. The van der Waals surface area contributed by atoms with E-state index in [0.29, 0.717) is 12.2 Å². The highest BCUT2D eigenvalue weighted by Crippen LogP contribution is 2.11. The predicted octanol–water partition coefficient (Wildman–Crippen LogP) is 2.79. The number of nitrogens with one attached hydrogen (secondary N) is 1. The van der Waals surface area contributed by atoms with Gasteiger partial charge in [-0.1, -0.05) is 29.8 Å². The monoisotopic (exact) mass is 315 g/mol. The van der Waals surface area contributed by atoms with Crippen LogP contribution in [0.3, 0.4) is 0 Å². The number of amides is 1. The van der Waals surface area contributed by atoms with Gasteiger partial charge in [0.1, 0.15) is 18.1 Å². The Bertz CT molecular complexity index is 683. The molecule has 0 atom stereocenters. The number of aryl methyl sites for hydroxylation is 2. The van der Waals surface area contributed by atoms with E-state index in [1.165, 1.54) is 12.1 Å². The molecule has 0 saturated carbocycles. The number of carbonyl (C=O) groups excluding carboxylic acids is 2. The summed E-state index contributed by atoms with van der Waals surface area (Å²) in [5.41, 5.74) is 1.80. The van der Waals surface area contributed by atoms with E-state index in [4.69, 9.17) is 4.74 Å². The number of carbonyl (C=O) groups is 2. The van der Waals surface area contributed by atoms with Crippen molar-refractivity contribution in [2.45, 2.75) is 19.8 Å². The molecular weight excluding hydrogens is 297 g/mol. The van der Waals surface area contributed by atoms with Crippen molar-refractivity contribution in [3.63, 3.8) is 0 Å². The van der Waals surface area contributed by atoms with Crippen LogP contribution >= 0.6 is 0 Å². The Hall–Kier alpha value is -2.69. The summed E-state index contributed by atoms with van der Waals surface area (Å²) in [7, 11) is 0. The van der Waals surface area contributed by atoms with Gasteiger partial charge in [-0.25, -0.2) is 9.18 Å². The van der Waals surface area contributed by atoms with Crippen LogP contribution in [0, 0.1) is 12.7 Å². The van der Waals surface area contributed by atoms with Crippen molar-refractivity contribution in [3.05, 3.63) is 65.5 Å². The number of esters is 1. The third-order valence-corrected chi connectivity index (χ3v) is 3.21. The second-order valence-electron chi connectivity index (χ2n) is 5.19. The van der Waals surface area contributed by atoms with E-state index in [0.717, 1.165) is 11.1 Å². The Kier molecular flexibility index (Phi) is 5.86. The first kappa shape index (κ1) is 16.7. The summed E-state index contributed by atoms with van der Waals surface area (Å²) in [6.07, 6.45) is 0.595. The van der Waals surface area contributed by atoms with E-state index in [2.05, 4.69) is 5.32 Å². The van der Waals surface area contributed by atoms with Gasteiger partial charge in [-0.15, -0.1) is 0 Å². The Morgan fingerprint density at radius 3 is 2.57 bits per heavy atom. The van der Waals surface area contributed by atoms with Gasteiger partial charge < -0.3 is 10.1 Å². The average molecular weight is 315 g/mol. The Labute approximate surface area is 134 Å². The van der Waals surface area contributed by atoms with Crippen LogP contribution in [0.1, 0.15) is 17.5 Å². The molecule has 1 N–H and O–H groups in total. The molecule has 4 nitrogen and oxygen atoms in total. The summed E-state index contributed by atoms with van der Waals surface area (Å²) >= 11 is 0. The molecule has 23 heavy (non-hydrogen) atoms. The van der Waals surface area contributed by atoms with E-state index in [1.54, 1.807) is 24.3 Å². The summed E-state index contributed by atoms with van der Waals surface area (Å²) in [5.74, 6) is -0.706. The van der Waals surface area contributed by atoms with Gasteiger partial charge in [0.2, 0.25) is 5.91 Å². The number of halogens is 1. The molecule has 0 spiro atoms. The summed E-state index contributed by atoms with van der Waals surface area (Å²) in [6.45, 7) is 1.74. The third kappa shape index (κ3) is 5.90. The molecule has 2 rings (SSSR count). The molecule has 0 saturated heterocycles. The molecule has 0 radical (unpaired) electrons.